The molecule has 0 amide bonds. The van der Waals surface area contributed by atoms with Crippen LogP contribution in [-0.2, 0) is 0 Å². The minimum atomic E-state index is 0. The lowest BCUT2D eigenvalue weighted by Crippen LogP contribution is -2.18. The molecule has 1 spiro atoms. The minimum absolute atomic E-state index is 0. The molecule has 2 aliphatic rings. The van der Waals surface area contributed by atoms with E-state index in [2.05, 4.69) is 0 Å². The first-order chi connectivity index (χ1) is 4.81. The third kappa shape index (κ3) is 2.09. The van der Waals surface area contributed by atoms with Gasteiger partial charge in [-0.05, 0) is 43.9 Å². The van der Waals surface area contributed by atoms with Crippen LogP contribution < -0.4 is 5.73 Å². The van der Waals surface area contributed by atoms with Crippen molar-refractivity contribution in [2.45, 2.75) is 51.0 Å². The molecule has 2 N–H and O–H groups in total. The summed E-state index contributed by atoms with van der Waals surface area (Å²) in [5.74, 6) is 0. The average molecular weight is 176 g/mol. The quantitative estimate of drug-likeness (QED) is 0.602. The lowest BCUT2D eigenvalue weighted by molar-refractivity contribution is 0.436. The summed E-state index contributed by atoms with van der Waals surface area (Å²) in [5.41, 5.74) is 6.70. The Labute approximate surface area is 75.1 Å². The zero-order valence-corrected chi connectivity index (χ0v) is 7.83. The summed E-state index contributed by atoms with van der Waals surface area (Å²) >= 11 is 0. The first kappa shape index (κ1) is 9.34. The second-order valence-electron chi connectivity index (χ2n) is 4.19. The molecule has 1 nitrogen and oxygen atoms in total. The Morgan fingerprint density at radius 2 is 1.73 bits per heavy atom. The number of nitrogens with two attached hydrogens (primary N) is 1. The van der Waals surface area contributed by atoms with Crippen LogP contribution in [0.25, 0.3) is 0 Å². The summed E-state index contributed by atoms with van der Waals surface area (Å²) < 4.78 is 0. The summed E-state index contributed by atoms with van der Waals surface area (Å²) in [4.78, 5) is 0. The van der Waals surface area contributed by atoms with E-state index >= 15 is 0 Å². The van der Waals surface area contributed by atoms with Crippen LogP contribution in [0, 0.1) is 5.41 Å². The Hall–Kier alpha value is 0.250. The highest BCUT2D eigenvalue weighted by molar-refractivity contribution is 5.85. The predicted octanol–water partition coefficient (Wildman–Crippen LogP) is 2.48. The molecule has 11 heavy (non-hydrogen) atoms. The lowest BCUT2D eigenvalue weighted by atomic mass is 9.97. The van der Waals surface area contributed by atoms with Gasteiger partial charge in [0.2, 0.25) is 0 Å². The molecule has 2 heteroatoms. The highest BCUT2D eigenvalue weighted by Gasteiger charge is 2.42. The molecule has 0 heterocycles. The van der Waals surface area contributed by atoms with Gasteiger partial charge < -0.3 is 5.73 Å². The second-order valence-corrected chi connectivity index (χ2v) is 4.19. The topological polar surface area (TPSA) is 26.0 Å². The second kappa shape index (κ2) is 3.32. The fourth-order valence-electron chi connectivity index (χ4n) is 2.18. The molecule has 0 radical (unpaired) electrons. The maximum absolute atomic E-state index is 5.88. The smallest absolute Gasteiger partial charge is 0.00390 e. The molecular formula is C9H18ClN. The maximum atomic E-state index is 5.88. The van der Waals surface area contributed by atoms with Gasteiger partial charge in [-0.1, -0.05) is 6.42 Å². The maximum Gasteiger partial charge on any atom is 0.00390 e. The van der Waals surface area contributed by atoms with E-state index in [1.807, 2.05) is 0 Å². The highest BCUT2D eigenvalue weighted by Crippen LogP contribution is 2.54. The Morgan fingerprint density at radius 3 is 2.36 bits per heavy atom. The van der Waals surface area contributed by atoms with Gasteiger partial charge in [0.1, 0.15) is 0 Å². The van der Waals surface area contributed by atoms with Crippen LogP contribution in [-0.4, -0.2) is 6.04 Å². The van der Waals surface area contributed by atoms with Crippen molar-refractivity contribution in [3.05, 3.63) is 0 Å². The van der Waals surface area contributed by atoms with Gasteiger partial charge in [0.15, 0.2) is 0 Å². The van der Waals surface area contributed by atoms with Gasteiger partial charge in [-0.25, -0.2) is 0 Å². The zero-order chi connectivity index (χ0) is 7.03. The number of rotatable bonds is 0. The van der Waals surface area contributed by atoms with Crippen molar-refractivity contribution in [2.75, 3.05) is 0 Å². The molecule has 2 rings (SSSR count). The van der Waals surface area contributed by atoms with Crippen molar-refractivity contribution in [3.63, 3.8) is 0 Å². The van der Waals surface area contributed by atoms with Crippen LogP contribution in [0.5, 0.6) is 0 Å². The number of hydrogen-bond donors (Lipinski definition) is 1. The van der Waals surface area contributed by atoms with E-state index in [0.29, 0.717) is 6.04 Å². The van der Waals surface area contributed by atoms with E-state index < -0.39 is 0 Å². The van der Waals surface area contributed by atoms with Gasteiger partial charge in [0.25, 0.3) is 0 Å². The van der Waals surface area contributed by atoms with Crippen molar-refractivity contribution < 1.29 is 0 Å². The lowest BCUT2D eigenvalue weighted by Gasteiger charge is -2.09. The fourth-order valence-corrected chi connectivity index (χ4v) is 2.18. The average Bonchev–Trinajstić information content (AvgIpc) is 2.67. The first-order valence-corrected chi connectivity index (χ1v) is 4.56. The van der Waals surface area contributed by atoms with E-state index in [-0.39, 0.29) is 12.4 Å². The van der Waals surface area contributed by atoms with Crippen molar-refractivity contribution in [2.24, 2.45) is 11.1 Å². The Bertz CT molecular complexity index is 132. The third-order valence-electron chi connectivity index (χ3n) is 3.28. The molecule has 2 fully saturated rings. The van der Waals surface area contributed by atoms with Crippen LogP contribution in [0.3, 0.4) is 0 Å². The van der Waals surface area contributed by atoms with Crippen LogP contribution in [0.4, 0.5) is 0 Å². The Morgan fingerprint density at radius 1 is 1.00 bits per heavy atom. The summed E-state index contributed by atoms with van der Waals surface area (Å²) in [6.07, 6.45) is 9.86. The van der Waals surface area contributed by atoms with Crippen LogP contribution in [0.15, 0.2) is 0 Å². The van der Waals surface area contributed by atoms with Crippen LogP contribution in [0.1, 0.15) is 44.9 Å². The van der Waals surface area contributed by atoms with Gasteiger partial charge in [-0.2, -0.15) is 0 Å². The van der Waals surface area contributed by atoms with Crippen molar-refractivity contribution in [1.82, 2.24) is 0 Å². The molecule has 66 valence electrons. The molecule has 0 aromatic rings. The predicted molar refractivity (Wildman–Crippen MR) is 50.0 cm³/mol. The number of halogens is 1. The largest absolute Gasteiger partial charge is 0.328 e. The van der Waals surface area contributed by atoms with Gasteiger partial charge in [-0.3, -0.25) is 0 Å². The zero-order valence-electron chi connectivity index (χ0n) is 7.01. The van der Waals surface area contributed by atoms with E-state index in [0.717, 1.165) is 5.41 Å². The summed E-state index contributed by atoms with van der Waals surface area (Å²) in [5, 5.41) is 0. The van der Waals surface area contributed by atoms with Crippen molar-refractivity contribution >= 4 is 12.4 Å². The molecule has 0 aromatic heterocycles. The summed E-state index contributed by atoms with van der Waals surface area (Å²) in [6, 6.07) is 0.528. The third-order valence-corrected chi connectivity index (χ3v) is 3.28. The standard InChI is InChI=1S/C9H17N.ClH/c10-8-2-1-4-9(5-3-8)6-7-9;/h8H,1-7,10H2;1H. The van der Waals surface area contributed by atoms with Gasteiger partial charge in [0.05, 0.1) is 0 Å². The number of hydrogen-bond acceptors (Lipinski definition) is 1. The Kier molecular flexibility index (Phi) is 2.82. The molecule has 0 aliphatic heterocycles. The van der Waals surface area contributed by atoms with Gasteiger partial charge in [-0.15, -0.1) is 12.4 Å². The fraction of sp³-hybridized carbons (Fsp3) is 1.00. The van der Waals surface area contributed by atoms with Gasteiger partial charge >= 0.3 is 0 Å². The van der Waals surface area contributed by atoms with E-state index in [4.69, 9.17) is 5.73 Å². The molecule has 0 saturated heterocycles. The molecular weight excluding hydrogens is 158 g/mol. The van der Waals surface area contributed by atoms with E-state index in [9.17, 15) is 0 Å². The van der Waals surface area contributed by atoms with E-state index in [1.54, 1.807) is 0 Å². The molecule has 1 atom stereocenters. The summed E-state index contributed by atoms with van der Waals surface area (Å²) in [6.45, 7) is 0. The highest BCUT2D eigenvalue weighted by atomic mass is 35.5. The first-order valence-electron chi connectivity index (χ1n) is 4.56. The molecule has 0 bridgehead atoms. The van der Waals surface area contributed by atoms with Crippen LogP contribution >= 0.6 is 12.4 Å². The molecule has 2 saturated carbocycles. The molecule has 0 aromatic carbocycles. The van der Waals surface area contributed by atoms with Crippen molar-refractivity contribution in [3.8, 4) is 0 Å². The SMILES string of the molecule is Cl.NC1CCCC2(CC1)CC2. The minimum Gasteiger partial charge on any atom is -0.328 e. The van der Waals surface area contributed by atoms with Gasteiger partial charge in [0, 0.05) is 6.04 Å². The van der Waals surface area contributed by atoms with Crippen molar-refractivity contribution in [1.29, 1.82) is 0 Å². The monoisotopic (exact) mass is 175 g/mol. The Balaban J connectivity index is 0.000000605. The van der Waals surface area contributed by atoms with E-state index in [1.165, 1.54) is 44.9 Å². The van der Waals surface area contributed by atoms with Crippen LogP contribution in [0.2, 0.25) is 0 Å². The summed E-state index contributed by atoms with van der Waals surface area (Å²) in [7, 11) is 0. The molecule has 1 unspecified atom stereocenters. The normalized spacial score (nSPS) is 34.1. The molecule has 2 aliphatic carbocycles.